The van der Waals surface area contributed by atoms with Gasteiger partial charge in [0.2, 0.25) is 11.8 Å². The summed E-state index contributed by atoms with van der Waals surface area (Å²) < 4.78 is 5.57. The average molecular weight is 459 g/mol. The topological polar surface area (TPSA) is 164 Å². The first kappa shape index (κ1) is 21.4. The average Bonchev–Trinajstić information content (AvgIpc) is 3.29. The van der Waals surface area contributed by atoms with Crippen molar-refractivity contribution in [3.63, 3.8) is 0 Å². The molecule has 12 heteroatoms. The summed E-state index contributed by atoms with van der Waals surface area (Å²) in [4.78, 5) is 29.0. The predicted molar refractivity (Wildman–Crippen MR) is 121 cm³/mol. The standard InChI is InChI=1S/C22H21N9O3/c1-12-30-31-21(34-12)17-9-26-22(27-15-2-3-16-13(6-15)4-5-25-20(16)33)29-19(17)28-18(10-32)14-7-23-11-24-8-14/h2-3,6-9,11,18,32H,4-5,10H2,1H3,(H,25,33)(H2,26,27,28,29)/t18-/m1/s1. The van der Waals surface area contributed by atoms with Gasteiger partial charge in [-0.2, -0.15) is 4.98 Å². The molecule has 172 valence electrons. The number of amides is 1. The van der Waals surface area contributed by atoms with Crippen molar-refractivity contribution in [2.45, 2.75) is 19.4 Å². The molecule has 3 aromatic heterocycles. The third-order valence-corrected chi connectivity index (χ3v) is 5.31. The van der Waals surface area contributed by atoms with E-state index in [-0.39, 0.29) is 18.4 Å². The molecule has 1 atom stereocenters. The summed E-state index contributed by atoms with van der Waals surface area (Å²) in [5.41, 5.74) is 3.52. The molecule has 0 saturated heterocycles. The number of benzene rings is 1. The number of rotatable bonds is 7. The van der Waals surface area contributed by atoms with Gasteiger partial charge in [-0.3, -0.25) is 4.79 Å². The van der Waals surface area contributed by atoms with Crippen molar-refractivity contribution in [1.82, 2.24) is 35.5 Å². The highest BCUT2D eigenvalue weighted by Gasteiger charge is 2.20. The fraction of sp³-hybridized carbons (Fsp3) is 0.227. The molecule has 34 heavy (non-hydrogen) atoms. The Morgan fingerprint density at radius 2 is 2.03 bits per heavy atom. The van der Waals surface area contributed by atoms with Crippen molar-refractivity contribution in [2.75, 3.05) is 23.8 Å². The number of aliphatic hydroxyl groups is 1. The van der Waals surface area contributed by atoms with Crippen molar-refractivity contribution in [3.05, 3.63) is 65.7 Å². The minimum absolute atomic E-state index is 0.0744. The maximum Gasteiger partial charge on any atom is 0.253 e. The van der Waals surface area contributed by atoms with Gasteiger partial charge in [-0.05, 0) is 30.2 Å². The Balaban J connectivity index is 1.48. The molecule has 1 amide bonds. The molecular weight excluding hydrogens is 438 g/mol. The van der Waals surface area contributed by atoms with Crippen LogP contribution >= 0.6 is 0 Å². The van der Waals surface area contributed by atoms with Crippen LogP contribution in [0.1, 0.15) is 33.4 Å². The van der Waals surface area contributed by atoms with Crippen LogP contribution in [0.3, 0.4) is 0 Å². The van der Waals surface area contributed by atoms with E-state index in [1.807, 2.05) is 6.07 Å². The number of fused-ring (bicyclic) bond motifs is 1. The Morgan fingerprint density at radius 3 is 2.79 bits per heavy atom. The van der Waals surface area contributed by atoms with Gasteiger partial charge in [0.1, 0.15) is 12.1 Å². The van der Waals surface area contributed by atoms with Gasteiger partial charge in [0, 0.05) is 48.9 Å². The van der Waals surface area contributed by atoms with E-state index in [0.29, 0.717) is 40.9 Å². The van der Waals surface area contributed by atoms with Crippen LogP contribution in [0.5, 0.6) is 0 Å². The molecule has 0 radical (unpaired) electrons. The number of aliphatic hydroxyl groups excluding tert-OH is 1. The molecule has 0 bridgehead atoms. The van der Waals surface area contributed by atoms with E-state index in [2.05, 4.69) is 46.1 Å². The van der Waals surface area contributed by atoms with Crippen LogP contribution in [-0.2, 0) is 6.42 Å². The van der Waals surface area contributed by atoms with Crippen molar-refractivity contribution in [3.8, 4) is 11.5 Å². The zero-order valence-corrected chi connectivity index (χ0v) is 18.2. The minimum Gasteiger partial charge on any atom is -0.421 e. The molecule has 0 spiro atoms. The lowest BCUT2D eigenvalue weighted by atomic mass is 10.00. The number of anilines is 3. The van der Waals surface area contributed by atoms with Crippen LogP contribution in [0, 0.1) is 6.92 Å². The van der Waals surface area contributed by atoms with Gasteiger partial charge in [0.15, 0.2) is 0 Å². The van der Waals surface area contributed by atoms with Gasteiger partial charge in [-0.1, -0.05) is 0 Å². The van der Waals surface area contributed by atoms with Crippen LogP contribution in [0.4, 0.5) is 17.5 Å². The summed E-state index contributed by atoms with van der Waals surface area (Å²) in [5.74, 6) is 1.25. The van der Waals surface area contributed by atoms with Crippen LogP contribution in [0.15, 0.2) is 47.5 Å². The molecule has 0 fully saturated rings. The number of carbonyl (C=O) groups excluding carboxylic acids is 1. The van der Waals surface area contributed by atoms with Gasteiger partial charge in [-0.15, -0.1) is 10.2 Å². The highest BCUT2D eigenvalue weighted by Crippen LogP contribution is 2.30. The number of aromatic nitrogens is 6. The van der Waals surface area contributed by atoms with Gasteiger partial charge < -0.3 is 25.5 Å². The molecule has 4 aromatic rings. The first-order valence-electron chi connectivity index (χ1n) is 10.6. The summed E-state index contributed by atoms with van der Waals surface area (Å²) in [6, 6.07) is 4.96. The van der Waals surface area contributed by atoms with Crippen LogP contribution < -0.4 is 16.0 Å². The first-order chi connectivity index (χ1) is 16.6. The van der Waals surface area contributed by atoms with E-state index in [0.717, 1.165) is 17.7 Å². The van der Waals surface area contributed by atoms with Crippen LogP contribution in [0.2, 0.25) is 0 Å². The molecule has 12 nitrogen and oxygen atoms in total. The fourth-order valence-corrected chi connectivity index (χ4v) is 3.64. The van der Waals surface area contributed by atoms with Crippen LogP contribution in [0.25, 0.3) is 11.5 Å². The van der Waals surface area contributed by atoms with Gasteiger partial charge in [0.05, 0.1) is 18.2 Å². The first-order valence-corrected chi connectivity index (χ1v) is 10.6. The smallest absolute Gasteiger partial charge is 0.253 e. The van der Waals surface area contributed by atoms with E-state index in [4.69, 9.17) is 4.42 Å². The Kier molecular flexibility index (Phi) is 5.79. The van der Waals surface area contributed by atoms with E-state index in [1.54, 1.807) is 37.6 Å². The van der Waals surface area contributed by atoms with Crippen molar-refractivity contribution in [2.24, 2.45) is 0 Å². The molecule has 0 saturated carbocycles. The Morgan fingerprint density at radius 1 is 1.18 bits per heavy atom. The highest BCUT2D eigenvalue weighted by molar-refractivity contribution is 5.97. The number of hydrogen-bond donors (Lipinski definition) is 4. The molecule has 1 aliphatic heterocycles. The molecule has 0 unspecified atom stereocenters. The zero-order chi connectivity index (χ0) is 23.5. The highest BCUT2D eigenvalue weighted by atomic mass is 16.4. The maximum absolute atomic E-state index is 12.0. The third-order valence-electron chi connectivity index (χ3n) is 5.31. The lowest BCUT2D eigenvalue weighted by molar-refractivity contribution is 0.0946. The fourth-order valence-electron chi connectivity index (χ4n) is 3.64. The normalized spacial score (nSPS) is 13.6. The number of carbonyl (C=O) groups is 1. The lowest BCUT2D eigenvalue weighted by Gasteiger charge is -2.19. The second-order valence-electron chi connectivity index (χ2n) is 7.64. The van der Waals surface area contributed by atoms with Crippen molar-refractivity contribution in [1.29, 1.82) is 0 Å². The van der Waals surface area contributed by atoms with E-state index in [1.165, 1.54) is 6.33 Å². The number of aryl methyl sites for hydroxylation is 1. The minimum atomic E-state index is -0.533. The molecular formula is C22H21N9O3. The number of nitrogens with zero attached hydrogens (tertiary/aromatic N) is 6. The van der Waals surface area contributed by atoms with Gasteiger partial charge in [-0.25, -0.2) is 15.0 Å². The molecule has 5 rings (SSSR count). The molecule has 1 aromatic carbocycles. The summed E-state index contributed by atoms with van der Waals surface area (Å²) in [6.45, 7) is 2.06. The molecule has 0 aliphatic carbocycles. The molecule has 1 aliphatic rings. The lowest BCUT2D eigenvalue weighted by Crippen LogP contribution is -2.31. The summed E-state index contributed by atoms with van der Waals surface area (Å²) >= 11 is 0. The zero-order valence-electron chi connectivity index (χ0n) is 18.2. The van der Waals surface area contributed by atoms with E-state index in [9.17, 15) is 9.90 Å². The Labute approximate surface area is 193 Å². The largest absolute Gasteiger partial charge is 0.421 e. The monoisotopic (exact) mass is 459 g/mol. The maximum atomic E-state index is 12.0. The van der Waals surface area contributed by atoms with Crippen molar-refractivity contribution < 1.29 is 14.3 Å². The summed E-state index contributed by atoms with van der Waals surface area (Å²) in [6.07, 6.45) is 6.95. The van der Waals surface area contributed by atoms with Crippen molar-refractivity contribution >= 4 is 23.4 Å². The molecule has 4 heterocycles. The van der Waals surface area contributed by atoms with Gasteiger partial charge >= 0.3 is 0 Å². The van der Waals surface area contributed by atoms with E-state index >= 15 is 0 Å². The number of hydrogen-bond acceptors (Lipinski definition) is 11. The van der Waals surface area contributed by atoms with Gasteiger partial charge in [0.25, 0.3) is 11.8 Å². The Hall–Kier alpha value is -4.45. The molecule has 4 N–H and O–H groups in total. The Bertz CT molecular complexity index is 1330. The summed E-state index contributed by atoms with van der Waals surface area (Å²) in [7, 11) is 0. The quantitative estimate of drug-likeness (QED) is 0.318. The summed E-state index contributed by atoms with van der Waals surface area (Å²) in [5, 5.41) is 27.1. The second kappa shape index (κ2) is 9.19. The SMILES string of the molecule is Cc1nnc(-c2cnc(Nc3ccc4c(c3)CCNC4=O)nc2N[C@H](CO)c2cncnc2)o1. The van der Waals surface area contributed by atoms with Crippen LogP contribution in [-0.4, -0.2) is 54.3 Å². The van der Waals surface area contributed by atoms with E-state index < -0.39 is 6.04 Å². The second-order valence-corrected chi connectivity index (χ2v) is 7.64. The predicted octanol–water partition coefficient (Wildman–Crippen LogP) is 1.80. The number of nitrogens with one attached hydrogen (secondary N) is 3. The third kappa shape index (κ3) is 4.38.